The Balaban J connectivity index is 0.000000213. The predicted octanol–water partition coefficient (Wildman–Crippen LogP) is 9.54. The van der Waals surface area contributed by atoms with E-state index < -0.39 is 92.8 Å². The van der Waals surface area contributed by atoms with Gasteiger partial charge in [-0.2, -0.15) is 39.5 Å². The summed E-state index contributed by atoms with van der Waals surface area (Å²) < 4.78 is 244. The number of piperazine rings is 3. The van der Waals surface area contributed by atoms with Gasteiger partial charge >= 0.3 is 18.5 Å². The summed E-state index contributed by atoms with van der Waals surface area (Å²) in [4.78, 5) is 52.8. The third kappa shape index (κ3) is 21.1. The van der Waals surface area contributed by atoms with Crippen molar-refractivity contribution in [3.05, 3.63) is 149 Å². The van der Waals surface area contributed by atoms with Gasteiger partial charge in [-0.1, -0.05) is 0 Å². The molecule has 3 amide bonds. The lowest BCUT2D eigenvalue weighted by atomic mass is 10.1. The monoisotopic (exact) mass is 1510 g/mol. The third-order valence-electron chi connectivity index (χ3n) is 15.8. The second-order valence-electron chi connectivity index (χ2n) is 24.0. The Morgan fingerprint density at radius 2 is 0.802 bits per heavy atom. The first kappa shape index (κ1) is 79.8. The Morgan fingerprint density at radius 1 is 0.446 bits per heavy atom. The number of hydrogen-bond donors (Lipinski definition) is 1. The van der Waals surface area contributed by atoms with E-state index in [-0.39, 0.29) is 117 Å². The molecule has 22 nitrogen and oxygen atoms in total. The highest BCUT2D eigenvalue weighted by molar-refractivity contribution is 7.91. The van der Waals surface area contributed by atoms with Crippen LogP contribution in [-0.2, 0) is 51.9 Å². The molecule has 1 atom stereocenters. The molecule has 0 saturated carbocycles. The minimum absolute atomic E-state index is 0.0219. The molecule has 3 aliphatic rings. The van der Waals surface area contributed by atoms with E-state index in [2.05, 4.69) is 9.71 Å². The minimum atomic E-state index is -4.71. The molecule has 101 heavy (non-hydrogen) atoms. The number of pyridine rings is 1. The van der Waals surface area contributed by atoms with Gasteiger partial charge in [-0.05, 0) is 151 Å². The van der Waals surface area contributed by atoms with Crippen LogP contribution < -0.4 is 33.6 Å². The maximum absolute atomic E-state index is 14.6. The van der Waals surface area contributed by atoms with Crippen molar-refractivity contribution in [2.24, 2.45) is 0 Å². The summed E-state index contributed by atoms with van der Waals surface area (Å²) in [5.74, 6) is -1.69. The van der Waals surface area contributed by atoms with E-state index in [0.717, 1.165) is 68.2 Å². The van der Waals surface area contributed by atoms with Crippen LogP contribution in [0.5, 0.6) is 17.2 Å². The Morgan fingerprint density at radius 3 is 1.16 bits per heavy atom. The second kappa shape index (κ2) is 31.8. The van der Waals surface area contributed by atoms with E-state index in [1.807, 2.05) is 4.90 Å². The Hall–Kier alpha value is -8.48. The smallest absolute Gasteiger partial charge is 0.425 e. The molecule has 1 N–H and O–H groups in total. The number of carbonyl (C=O) groups is 3. The molecule has 6 aromatic rings. The lowest BCUT2D eigenvalue weighted by molar-refractivity contribution is -0.189. The molecule has 3 aliphatic heterocycles. The van der Waals surface area contributed by atoms with Gasteiger partial charge in [0.15, 0.2) is 35.6 Å². The Kier molecular flexibility index (Phi) is 25.2. The first-order chi connectivity index (χ1) is 46.8. The first-order valence-corrected chi connectivity index (χ1v) is 38.1. The zero-order chi connectivity index (χ0) is 75.1. The lowest BCUT2D eigenvalue weighted by Crippen LogP contribution is -2.49. The average Bonchev–Trinajstić information content (AvgIpc) is 0.805. The zero-order valence-corrected chi connectivity index (χ0v) is 59.2. The summed E-state index contributed by atoms with van der Waals surface area (Å²) in [5.41, 5.74) is -0.758. The van der Waals surface area contributed by atoms with Crippen LogP contribution in [0, 0.1) is 5.82 Å². The van der Waals surface area contributed by atoms with Crippen LogP contribution in [0.1, 0.15) is 76.8 Å². The summed E-state index contributed by atoms with van der Waals surface area (Å²) in [6, 6.07) is 22.2. The normalized spacial score (nSPS) is 15.5. The molecule has 0 spiro atoms. The SMILES string of the molecule is CC(C)Oc1ccc(S(C)(=O)=O)cc1C(=O)N1CCN(c2ccc(S(C)(=O)=O)cc2F)CC1.CC(Oc1ccc(S(C)(=O)=O)cc1C(=O)N1CCN(c2ccc(C(F)(F)F)cn2)CC1)C(F)(F)F.CNS(=O)(=O)c1ccc(OC(C)C)c(C(=O)N2CCN(c3ccc(C(F)(F)F)cc3)CC2)c1. The van der Waals surface area contributed by atoms with Gasteiger partial charge < -0.3 is 43.6 Å². The molecule has 4 heterocycles. The van der Waals surface area contributed by atoms with Crippen molar-refractivity contribution >= 4 is 74.4 Å². The number of carbonyl (C=O) groups excluding carboxylic acids is 3. The van der Waals surface area contributed by atoms with E-state index in [1.165, 1.54) is 78.7 Å². The lowest BCUT2D eigenvalue weighted by Gasteiger charge is -2.36. The number of hydrogen-bond acceptors (Lipinski definition) is 18. The van der Waals surface area contributed by atoms with Crippen molar-refractivity contribution in [3.63, 3.8) is 0 Å². The Labute approximate surface area is 578 Å². The quantitative estimate of drug-likeness (QED) is 0.0833. The summed E-state index contributed by atoms with van der Waals surface area (Å²) >= 11 is 0. The molecular weight excluding hydrogens is 1440 g/mol. The molecule has 0 bridgehead atoms. The number of rotatable bonds is 17. The standard InChI is InChI=1S/C22H26F3N3O4S.C22H27FN2O6S2.C21H21F6N3O4S/c1-15(2)32-20-9-8-18(33(30,31)26-3)14-19(20)21(29)28-12-10-27(11-13-28)17-6-4-16(5-7-17)22(23,24)25;1-15(2)31-21-8-6-16(32(3,27)28)13-18(21)22(26)25-11-9-24(10-12-25)20-7-5-17(14-19(20)23)33(4,29)30;1-13(20(22,23)24)34-17-5-4-15(35(2,32)33)11-16(17)19(31)30-9-7-29(8-10-30)18-6-3-14(12-28-18)21(25,26)27/h4-9,14-15,26H,10-13H2,1-3H3;5-8,13-15H,9-12H2,1-4H3;3-6,11-13H,7-10H2,1-2H3. The van der Waals surface area contributed by atoms with Crippen LogP contribution in [0.2, 0.25) is 0 Å². The number of alkyl halides is 9. The van der Waals surface area contributed by atoms with E-state index in [4.69, 9.17) is 14.2 Å². The number of halogens is 10. The highest BCUT2D eigenvalue weighted by Gasteiger charge is 2.40. The maximum atomic E-state index is 14.6. The van der Waals surface area contributed by atoms with Crippen molar-refractivity contribution in [2.75, 3.05) is 119 Å². The van der Waals surface area contributed by atoms with Gasteiger partial charge in [-0.15, -0.1) is 0 Å². The second-order valence-corrected chi connectivity index (χ2v) is 32.0. The Bertz CT molecular complexity index is 4430. The summed E-state index contributed by atoms with van der Waals surface area (Å²) in [7, 11) is -13.3. The van der Waals surface area contributed by atoms with Crippen LogP contribution in [0.4, 0.5) is 61.1 Å². The molecule has 0 radical (unpaired) electrons. The van der Waals surface area contributed by atoms with Crippen molar-refractivity contribution in [1.29, 1.82) is 0 Å². The van der Waals surface area contributed by atoms with Gasteiger partial charge in [0, 0.05) is 109 Å². The number of aromatic nitrogens is 1. The van der Waals surface area contributed by atoms with E-state index in [0.29, 0.717) is 56.9 Å². The largest absolute Gasteiger partial charge is 0.490 e. The minimum Gasteiger partial charge on any atom is -0.490 e. The molecule has 5 aromatic carbocycles. The molecule has 552 valence electrons. The van der Waals surface area contributed by atoms with Gasteiger partial charge in [-0.25, -0.2) is 47.8 Å². The van der Waals surface area contributed by atoms with Crippen molar-refractivity contribution < 1.29 is 106 Å². The van der Waals surface area contributed by atoms with Crippen molar-refractivity contribution in [2.45, 2.75) is 91.0 Å². The van der Waals surface area contributed by atoms with Crippen molar-refractivity contribution in [3.8, 4) is 17.2 Å². The molecule has 1 aromatic heterocycles. The molecule has 36 heteroatoms. The summed E-state index contributed by atoms with van der Waals surface area (Å²) in [5, 5.41) is 0. The topological polar surface area (TPSA) is 260 Å². The fraction of sp³-hybridized carbons (Fsp3) is 0.415. The molecule has 9 rings (SSSR count). The summed E-state index contributed by atoms with van der Waals surface area (Å²) in [6.45, 7) is 11.2. The van der Waals surface area contributed by atoms with E-state index in [1.54, 1.807) is 47.3 Å². The number of anilines is 3. The average molecular weight is 1510 g/mol. The van der Waals surface area contributed by atoms with Gasteiger partial charge in [0.05, 0.1) is 65.3 Å². The fourth-order valence-corrected chi connectivity index (χ4v) is 13.1. The molecule has 3 fully saturated rings. The number of amides is 3. The van der Waals surface area contributed by atoms with Crippen LogP contribution >= 0.6 is 0 Å². The number of nitrogens with zero attached hydrogens (tertiary/aromatic N) is 7. The highest BCUT2D eigenvalue weighted by atomic mass is 32.2. The van der Waals surface area contributed by atoms with Gasteiger partial charge in [-0.3, -0.25) is 14.4 Å². The molecule has 3 saturated heterocycles. The molecule has 0 aliphatic carbocycles. The van der Waals surface area contributed by atoms with Crippen LogP contribution in [0.25, 0.3) is 0 Å². The maximum Gasteiger partial charge on any atom is 0.425 e. The van der Waals surface area contributed by atoms with Gasteiger partial charge in [0.25, 0.3) is 17.7 Å². The van der Waals surface area contributed by atoms with Crippen LogP contribution in [0.3, 0.4) is 0 Å². The van der Waals surface area contributed by atoms with Gasteiger partial charge in [0.2, 0.25) is 10.0 Å². The number of sulfonamides is 1. The van der Waals surface area contributed by atoms with E-state index in [9.17, 15) is 92.0 Å². The van der Waals surface area contributed by atoms with Crippen molar-refractivity contribution in [1.82, 2.24) is 24.4 Å². The number of ether oxygens (including phenoxy) is 3. The number of benzene rings is 5. The number of nitrogens with one attached hydrogen (secondary N) is 1. The third-order valence-corrected chi connectivity index (χ3v) is 20.6. The van der Waals surface area contributed by atoms with Gasteiger partial charge in [0.1, 0.15) is 28.9 Å². The fourth-order valence-electron chi connectivity index (χ4n) is 10.4. The highest BCUT2D eigenvalue weighted by Crippen LogP contribution is 2.35. The predicted molar refractivity (Wildman–Crippen MR) is 354 cm³/mol. The molecule has 1 unspecified atom stereocenters. The zero-order valence-electron chi connectivity index (χ0n) is 55.9. The first-order valence-electron chi connectivity index (χ1n) is 30.9. The van der Waals surface area contributed by atoms with Crippen LogP contribution in [0.15, 0.2) is 135 Å². The number of sulfone groups is 3. The van der Waals surface area contributed by atoms with Crippen LogP contribution in [-0.4, -0.2) is 200 Å². The molecular formula is C65H74F10N8O14S4. The summed E-state index contributed by atoms with van der Waals surface area (Å²) in [6.07, 6.45) is -12.6. The van der Waals surface area contributed by atoms with E-state index >= 15 is 0 Å².